The van der Waals surface area contributed by atoms with Crippen LogP contribution in [0.3, 0.4) is 0 Å². The molecule has 0 aliphatic carbocycles. The lowest BCUT2D eigenvalue weighted by Gasteiger charge is -2.14. The molecule has 0 atom stereocenters. The standard InChI is InChI=1S/C21H18F2INO/c1-13-20(24)7-6-19(23)21(13)25-12-14-8-16(11-18(9-14)26-2)15-4-3-5-17(22)10-15/h3-11,25H,12H2,1-2H3. The van der Waals surface area contributed by atoms with Crippen LogP contribution in [0.4, 0.5) is 14.5 Å². The summed E-state index contributed by atoms with van der Waals surface area (Å²) >= 11 is 2.19. The SMILES string of the molecule is COc1cc(CNc2c(F)ccc(I)c2C)cc(-c2cccc(F)c2)c1. The predicted octanol–water partition coefficient (Wildman–Crippen LogP) is 6.17. The number of nitrogens with one attached hydrogen (secondary N) is 1. The Morgan fingerprint density at radius 3 is 2.54 bits per heavy atom. The molecule has 0 saturated heterocycles. The van der Waals surface area contributed by atoms with Crippen LogP contribution >= 0.6 is 22.6 Å². The van der Waals surface area contributed by atoms with E-state index < -0.39 is 0 Å². The summed E-state index contributed by atoms with van der Waals surface area (Å²) in [5, 5.41) is 3.17. The lowest BCUT2D eigenvalue weighted by atomic mass is 10.0. The molecule has 3 rings (SSSR count). The molecule has 1 N–H and O–H groups in total. The zero-order valence-electron chi connectivity index (χ0n) is 14.4. The van der Waals surface area contributed by atoms with Gasteiger partial charge in [-0.25, -0.2) is 8.78 Å². The van der Waals surface area contributed by atoms with Crippen molar-refractivity contribution in [3.63, 3.8) is 0 Å². The fraction of sp³-hybridized carbons (Fsp3) is 0.143. The van der Waals surface area contributed by atoms with Crippen LogP contribution in [-0.4, -0.2) is 7.11 Å². The molecule has 0 amide bonds. The van der Waals surface area contributed by atoms with Gasteiger partial charge in [-0.1, -0.05) is 12.1 Å². The maximum Gasteiger partial charge on any atom is 0.146 e. The maximum absolute atomic E-state index is 14.1. The molecule has 0 radical (unpaired) electrons. The summed E-state index contributed by atoms with van der Waals surface area (Å²) in [5.41, 5.74) is 3.90. The van der Waals surface area contributed by atoms with E-state index in [0.29, 0.717) is 18.0 Å². The Balaban J connectivity index is 1.91. The van der Waals surface area contributed by atoms with Crippen LogP contribution in [0.5, 0.6) is 5.75 Å². The number of halogens is 3. The molecule has 3 aromatic carbocycles. The minimum atomic E-state index is -0.290. The van der Waals surface area contributed by atoms with Gasteiger partial charge in [0, 0.05) is 10.1 Å². The third-order valence-corrected chi connectivity index (χ3v) is 5.35. The Bertz CT molecular complexity index is 943. The van der Waals surface area contributed by atoms with E-state index in [-0.39, 0.29) is 11.6 Å². The molecule has 134 valence electrons. The average molecular weight is 465 g/mol. The fourth-order valence-electron chi connectivity index (χ4n) is 2.78. The van der Waals surface area contributed by atoms with Crippen LogP contribution in [0.25, 0.3) is 11.1 Å². The van der Waals surface area contributed by atoms with Crippen LogP contribution in [0, 0.1) is 22.1 Å². The third kappa shape index (κ3) is 4.15. The molecule has 0 aliphatic rings. The number of hydrogen-bond donors (Lipinski definition) is 1. The van der Waals surface area contributed by atoms with Crippen molar-refractivity contribution in [1.29, 1.82) is 0 Å². The van der Waals surface area contributed by atoms with Gasteiger partial charge in [-0.05, 0) is 94.2 Å². The van der Waals surface area contributed by atoms with E-state index in [0.717, 1.165) is 25.8 Å². The molecule has 26 heavy (non-hydrogen) atoms. The Morgan fingerprint density at radius 1 is 1.00 bits per heavy atom. The number of rotatable bonds is 5. The summed E-state index contributed by atoms with van der Waals surface area (Å²) in [5.74, 6) is 0.0983. The number of methoxy groups -OCH3 is 1. The van der Waals surface area contributed by atoms with Gasteiger partial charge in [0.2, 0.25) is 0 Å². The van der Waals surface area contributed by atoms with Crippen molar-refractivity contribution in [2.75, 3.05) is 12.4 Å². The quantitative estimate of drug-likeness (QED) is 0.456. The van der Waals surface area contributed by atoms with Crippen molar-refractivity contribution in [2.45, 2.75) is 13.5 Å². The lowest BCUT2D eigenvalue weighted by Crippen LogP contribution is -2.05. The monoisotopic (exact) mass is 465 g/mol. The van der Waals surface area contributed by atoms with Crippen molar-refractivity contribution in [3.8, 4) is 16.9 Å². The van der Waals surface area contributed by atoms with Gasteiger partial charge in [0.15, 0.2) is 0 Å². The molecule has 5 heteroatoms. The minimum Gasteiger partial charge on any atom is -0.497 e. The van der Waals surface area contributed by atoms with Crippen LogP contribution in [0.1, 0.15) is 11.1 Å². The lowest BCUT2D eigenvalue weighted by molar-refractivity contribution is 0.414. The molecule has 2 nitrogen and oxygen atoms in total. The highest BCUT2D eigenvalue weighted by Crippen LogP contribution is 2.28. The van der Waals surface area contributed by atoms with Gasteiger partial charge in [0.1, 0.15) is 17.4 Å². The first kappa shape index (κ1) is 18.6. The second-order valence-electron chi connectivity index (χ2n) is 5.96. The Kier molecular flexibility index (Phi) is 5.76. The van der Waals surface area contributed by atoms with Crippen molar-refractivity contribution in [3.05, 3.63) is 80.9 Å². The largest absolute Gasteiger partial charge is 0.497 e. The molecule has 0 spiro atoms. The van der Waals surface area contributed by atoms with Gasteiger partial charge in [-0.2, -0.15) is 0 Å². The first-order chi connectivity index (χ1) is 12.5. The van der Waals surface area contributed by atoms with E-state index in [1.165, 1.54) is 18.2 Å². The zero-order chi connectivity index (χ0) is 18.7. The summed E-state index contributed by atoms with van der Waals surface area (Å²) in [6.07, 6.45) is 0. The van der Waals surface area contributed by atoms with Crippen LogP contribution < -0.4 is 10.1 Å². The molecular weight excluding hydrogens is 447 g/mol. The molecule has 0 saturated carbocycles. The summed E-state index contributed by atoms with van der Waals surface area (Å²) in [6, 6.07) is 15.3. The Labute approximate surface area is 165 Å². The van der Waals surface area contributed by atoms with E-state index in [2.05, 4.69) is 27.9 Å². The molecule has 0 aliphatic heterocycles. The average Bonchev–Trinajstić information content (AvgIpc) is 2.64. The highest BCUT2D eigenvalue weighted by molar-refractivity contribution is 14.1. The summed E-state index contributed by atoms with van der Waals surface area (Å²) in [7, 11) is 1.59. The maximum atomic E-state index is 14.1. The first-order valence-electron chi connectivity index (χ1n) is 8.10. The van der Waals surface area contributed by atoms with Crippen LogP contribution in [0.15, 0.2) is 54.6 Å². The molecule has 0 unspecified atom stereocenters. The van der Waals surface area contributed by atoms with E-state index in [1.807, 2.05) is 31.2 Å². The summed E-state index contributed by atoms with van der Waals surface area (Å²) in [4.78, 5) is 0. The highest BCUT2D eigenvalue weighted by Gasteiger charge is 2.10. The topological polar surface area (TPSA) is 21.3 Å². The molecule has 0 bridgehead atoms. The molecule has 3 aromatic rings. The van der Waals surface area contributed by atoms with Gasteiger partial charge in [-0.3, -0.25) is 0 Å². The second kappa shape index (κ2) is 8.03. The van der Waals surface area contributed by atoms with Crippen molar-refractivity contribution in [2.24, 2.45) is 0 Å². The van der Waals surface area contributed by atoms with E-state index in [9.17, 15) is 8.78 Å². The summed E-state index contributed by atoms with van der Waals surface area (Å²) < 4.78 is 34.0. The van der Waals surface area contributed by atoms with Gasteiger partial charge in [0.25, 0.3) is 0 Å². The van der Waals surface area contributed by atoms with Gasteiger partial charge >= 0.3 is 0 Å². The predicted molar refractivity (Wildman–Crippen MR) is 110 cm³/mol. The first-order valence-corrected chi connectivity index (χ1v) is 9.18. The van der Waals surface area contributed by atoms with Crippen LogP contribution in [-0.2, 0) is 6.54 Å². The van der Waals surface area contributed by atoms with E-state index >= 15 is 0 Å². The minimum absolute atomic E-state index is 0.281. The highest BCUT2D eigenvalue weighted by atomic mass is 127. The molecule has 0 heterocycles. The van der Waals surface area contributed by atoms with Crippen molar-refractivity contribution in [1.82, 2.24) is 0 Å². The van der Waals surface area contributed by atoms with Crippen molar-refractivity contribution < 1.29 is 13.5 Å². The molecule has 0 aromatic heterocycles. The second-order valence-corrected chi connectivity index (χ2v) is 7.13. The number of benzene rings is 3. The Morgan fingerprint density at radius 2 is 1.81 bits per heavy atom. The smallest absolute Gasteiger partial charge is 0.146 e. The Hall–Kier alpha value is -2.15. The van der Waals surface area contributed by atoms with Gasteiger partial charge in [0.05, 0.1) is 12.8 Å². The van der Waals surface area contributed by atoms with E-state index in [4.69, 9.17) is 4.74 Å². The molecular formula is C21H18F2INO. The van der Waals surface area contributed by atoms with Gasteiger partial charge < -0.3 is 10.1 Å². The van der Waals surface area contributed by atoms with Crippen LogP contribution in [0.2, 0.25) is 0 Å². The third-order valence-electron chi connectivity index (χ3n) is 4.18. The number of hydrogen-bond acceptors (Lipinski definition) is 2. The normalized spacial score (nSPS) is 10.7. The number of anilines is 1. The fourth-order valence-corrected chi connectivity index (χ4v) is 3.23. The van der Waals surface area contributed by atoms with Crippen molar-refractivity contribution >= 4 is 28.3 Å². The zero-order valence-corrected chi connectivity index (χ0v) is 16.6. The number of ether oxygens (including phenoxy) is 1. The van der Waals surface area contributed by atoms with Gasteiger partial charge in [-0.15, -0.1) is 0 Å². The van der Waals surface area contributed by atoms with E-state index in [1.54, 1.807) is 19.2 Å². The summed E-state index contributed by atoms with van der Waals surface area (Å²) in [6.45, 7) is 2.31. The molecule has 0 fully saturated rings.